The molecule has 0 amide bonds. The number of hydrogen-bond donors (Lipinski definition) is 1. The van der Waals surface area contributed by atoms with Crippen molar-refractivity contribution in [1.82, 2.24) is 9.36 Å². The number of nitrogens with zero attached hydrogens (tertiary/aromatic N) is 2. The van der Waals surface area contributed by atoms with Gasteiger partial charge in [0.05, 0.1) is 13.2 Å². The third-order valence-corrected chi connectivity index (χ3v) is 3.82. The second-order valence-electron chi connectivity index (χ2n) is 4.74. The van der Waals surface area contributed by atoms with Gasteiger partial charge in [-0.25, -0.2) is 4.98 Å². The summed E-state index contributed by atoms with van der Waals surface area (Å²) in [6, 6.07) is 0. The zero-order valence-corrected chi connectivity index (χ0v) is 10.8. The van der Waals surface area contributed by atoms with Crippen LogP contribution in [0.2, 0.25) is 0 Å². The number of anilines is 1. The third kappa shape index (κ3) is 2.75. The fourth-order valence-corrected chi connectivity index (χ4v) is 2.58. The smallest absolute Gasteiger partial charge is 0.202 e. The number of hydrogen-bond acceptors (Lipinski definition) is 6. The van der Waals surface area contributed by atoms with Crippen molar-refractivity contribution in [3.8, 4) is 0 Å². The Hall–Kier alpha value is -0.720. The van der Waals surface area contributed by atoms with E-state index in [0.29, 0.717) is 19.1 Å². The maximum Gasteiger partial charge on any atom is 0.202 e. The molecular formula is C11H17N3O2S. The van der Waals surface area contributed by atoms with Gasteiger partial charge in [0.25, 0.3) is 0 Å². The number of aromatic nitrogens is 2. The highest BCUT2D eigenvalue weighted by molar-refractivity contribution is 7.09. The molecule has 0 bridgehead atoms. The number of ether oxygens (including phenoxy) is 2. The predicted octanol–water partition coefficient (Wildman–Crippen LogP) is 1.98. The van der Waals surface area contributed by atoms with Gasteiger partial charge in [-0.3, -0.25) is 0 Å². The van der Waals surface area contributed by atoms with Gasteiger partial charge in [-0.15, -0.1) is 0 Å². The predicted molar refractivity (Wildman–Crippen MR) is 65.3 cm³/mol. The highest BCUT2D eigenvalue weighted by Crippen LogP contribution is 2.39. The molecule has 0 unspecified atom stereocenters. The van der Waals surface area contributed by atoms with Crippen LogP contribution in [-0.2, 0) is 9.47 Å². The summed E-state index contributed by atoms with van der Waals surface area (Å²) >= 11 is 1.45. The minimum Gasteiger partial charge on any atom is -0.360 e. The lowest BCUT2D eigenvalue weighted by Gasteiger charge is -2.21. The maximum atomic E-state index is 5.54. The lowest BCUT2D eigenvalue weighted by molar-refractivity contribution is -0.144. The first-order valence-electron chi connectivity index (χ1n) is 6.11. The monoisotopic (exact) mass is 255 g/mol. The van der Waals surface area contributed by atoms with Crippen LogP contribution in [0, 0.1) is 0 Å². The lowest BCUT2D eigenvalue weighted by Crippen LogP contribution is -2.28. The topological polar surface area (TPSA) is 56.3 Å². The Morgan fingerprint density at radius 2 is 2.18 bits per heavy atom. The minimum absolute atomic E-state index is 0.420. The largest absolute Gasteiger partial charge is 0.360 e. The van der Waals surface area contributed by atoms with Crippen molar-refractivity contribution in [1.29, 1.82) is 0 Å². The number of rotatable bonds is 5. The summed E-state index contributed by atoms with van der Waals surface area (Å²) in [5.74, 6) is 1.22. The highest BCUT2D eigenvalue weighted by atomic mass is 32.1. The first-order valence-corrected chi connectivity index (χ1v) is 6.88. The fourth-order valence-electron chi connectivity index (χ4n) is 1.91. The van der Waals surface area contributed by atoms with Gasteiger partial charge >= 0.3 is 0 Å². The Labute approximate surface area is 105 Å². The summed E-state index contributed by atoms with van der Waals surface area (Å²) in [6.45, 7) is 4.18. The summed E-state index contributed by atoms with van der Waals surface area (Å²) in [6.07, 6.45) is 3.32. The van der Waals surface area contributed by atoms with E-state index in [4.69, 9.17) is 9.47 Å². The fraction of sp³-hybridized carbons (Fsp3) is 0.818. The summed E-state index contributed by atoms with van der Waals surface area (Å²) in [5.41, 5.74) is 0. The normalized spacial score (nSPS) is 22.9. The molecule has 1 N–H and O–H groups in total. The molecule has 1 aliphatic carbocycles. The SMILES string of the molecule is CC1(CCNc2nc(C3CC3)ns2)OCCO1. The van der Waals surface area contributed by atoms with Crippen LogP contribution in [0.4, 0.5) is 5.13 Å². The molecule has 6 heteroatoms. The standard InChI is InChI=1S/C11H17N3O2S/c1-11(15-6-7-16-11)4-5-12-10-13-9(14-17-10)8-2-3-8/h8H,2-7H2,1H3,(H,12,13,14). The van der Waals surface area contributed by atoms with E-state index in [1.807, 2.05) is 6.92 Å². The molecule has 2 aliphatic rings. The zero-order chi connectivity index (χ0) is 11.7. The molecule has 0 spiro atoms. The Kier molecular flexibility index (Phi) is 3.02. The highest BCUT2D eigenvalue weighted by Gasteiger charge is 2.30. The van der Waals surface area contributed by atoms with Crippen molar-refractivity contribution in [3.63, 3.8) is 0 Å². The molecule has 1 saturated heterocycles. The van der Waals surface area contributed by atoms with E-state index in [9.17, 15) is 0 Å². The van der Waals surface area contributed by atoms with Crippen LogP contribution in [0.5, 0.6) is 0 Å². The van der Waals surface area contributed by atoms with Crippen molar-refractivity contribution >= 4 is 16.7 Å². The molecule has 94 valence electrons. The van der Waals surface area contributed by atoms with Crippen LogP contribution in [0.25, 0.3) is 0 Å². The molecule has 1 aliphatic heterocycles. The first-order chi connectivity index (χ1) is 8.25. The van der Waals surface area contributed by atoms with Crippen LogP contribution in [0.15, 0.2) is 0 Å². The van der Waals surface area contributed by atoms with Crippen LogP contribution < -0.4 is 5.32 Å². The third-order valence-electron chi connectivity index (χ3n) is 3.14. The van der Waals surface area contributed by atoms with Crippen LogP contribution in [-0.4, -0.2) is 34.9 Å². The van der Waals surface area contributed by atoms with E-state index in [-0.39, 0.29) is 0 Å². The molecule has 1 aromatic heterocycles. The van der Waals surface area contributed by atoms with Crippen LogP contribution in [0.1, 0.15) is 37.9 Å². The molecule has 2 fully saturated rings. The van der Waals surface area contributed by atoms with Crippen molar-refractivity contribution in [2.45, 2.75) is 37.9 Å². The van der Waals surface area contributed by atoms with E-state index in [0.717, 1.165) is 23.9 Å². The van der Waals surface area contributed by atoms with E-state index in [1.54, 1.807) is 0 Å². The second kappa shape index (κ2) is 4.51. The van der Waals surface area contributed by atoms with Crippen molar-refractivity contribution in [3.05, 3.63) is 5.82 Å². The Morgan fingerprint density at radius 3 is 2.88 bits per heavy atom. The van der Waals surface area contributed by atoms with E-state index >= 15 is 0 Å². The second-order valence-corrected chi connectivity index (χ2v) is 5.49. The van der Waals surface area contributed by atoms with Gasteiger partial charge in [0.15, 0.2) is 5.79 Å². The minimum atomic E-state index is -0.420. The van der Waals surface area contributed by atoms with Crippen molar-refractivity contribution < 1.29 is 9.47 Å². The first kappa shape index (κ1) is 11.4. The van der Waals surface area contributed by atoms with Crippen molar-refractivity contribution in [2.75, 3.05) is 25.1 Å². The van der Waals surface area contributed by atoms with Gasteiger partial charge in [-0.1, -0.05) is 0 Å². The molecule has 5 nitrogen and oxygen atoms in total. The van der Waals surface area contributed by atoms with Gasteiger partial charge in [0.1, 0.15) is 5.82 Å². The molecule has 1 aromatic rings. The molecular weight excluding hydrogens is 238 g/mol. The van der Waals surface area contributed by atoms with Crippen LogP contribution >= 0.6 is 11.5 Å². The zero-order valence-electron chi connectivity index (χ0n) is 9.94. The summed E-state index contributed by atoms with van der Waals surface area (Å²) in [5, 5.41) is 4.20. The Balaban J connectivity index is 1.46. The van der Waals surface area contributed by atoms with E-state index in [1.165, 1.54) is 24.4 Å². The van der Waals surface area contributed by atoms with Gasteiger partial charge < -0.3 is 14.8 Å². The molecule has 0 radical (unpaired) electrons. The Bertz CT molecular complexity index is 386. The Morgan fingerprint density at radius 1 is 1.41 bits per heavy atom. The molecule has 1 saturated carbocycles. The summed E-state index contributed by atoms with van der Waals surface area (Å²) < 4.78 is 15.4. The van der Waals surface area contributed by atoms with E-state index in [2.05, 4.69) is 14.7 Å². The van der Waals surface area contributed by atoms with Gasteiger partial charge in [0, 0.05) is 30.4 Å². The molecule has 3 rings (SSSR count). The van der Waals surface area contributed by atoms with Gasteiger partial charge in [0.2, 0.25) is 5.13 Å². The van der Waals surface area contributed by atoms with E-state index < -0.39 is 5.79 Å². The quantitative estimate of drug-likeness (QED) is 0.872. The summed E-state index contributed by atoms with van der Waals surface area (Å²) in [4.78, 5) is 4.47. The molecule has 0 aromatic carbocycles. The molecule has 17 heavy (non-hydrogen) atoms. The van der Waals surface area contributed by atoms with Gasteiger partial charge in [-0.2, -0.15) is 4.37 Å². The van der Waals surface area contributed by atoms with Crippen molar-refractivity contribution in [2.24, 2.45) is 0 Å². The van der Waals surface area contributed by atoms with Gasteiger partial charge in [-0.05, 0) is 19.8 Å². The summed E-state index contributed by atoms with van der Waals surface area (Å²) in [7, 11) is 0. The number of nitrogens with one attached hydrogen (secondary N) is 1. The molecule has 0 atom stereocenters. The maximum absolute atomic E-state index is 5.54. The average Bonchev–Trinajstić information content (AvgIpc) is 2.91. The van der Waals surface area contributed by atoms with Crippen LogP contribution in [0.3, 0.4) is 0 Å². The molecule has 2 heterocycles. The lowest BCUT2D eigenvalue weighted by atomic mass is 10.2. The average molecular weight is 255 g/mol.